The maximum atomic E-state index is 11.3. The second-order valence-corrected chi connectivity index (χ2v) is 6.72. The molecule has 0 saturated heterocycles. The SMILES string of the molecule is CC1C(N)CC1c1ccc(S(C)(=O)=O)cc1. The monoisotopic (exact) mass is 239 g/mol. The van der Waals surface area contributed by atoms with Crippen LogP contribution in [0.15, 0.2) is 29.2 Å². The Bertz CT molecular complexity index is 478. The Balaban J connectivity index is 2.21. The molecule has 1 aromatic carbocycles. The summed E-state index contributed by atoms with van der Waals surface area (Å²) in [4.78, 5) is 0.382. The van der Waals surface area contributed by atoms with Gasteiger partial charge in [0, 0.05) is 12.3 Å². The summed E-state index contributed by atoms with van der Waals surface area (Å²) in [6, 6.07) is 7.47. The van der Waals surface area contributed by atoms with Gasteiger partial charge in [-0.2, -0.15) is 0 Å². The molecule has 1 aliphatic carbocycles. The molecule has 3 unspecified atom stereocenters. The maximum absolute atomic E-state index is 11.3. The number of nitrogens with two attached hydrogens (primary N) is 1. The lowest BCUT2D eigenvalue weighted by molar-refractivity contribution is 0.226. The second kappa shape index (κ2) is 3.86. The van der Waals surface area contributed by atoms with Crippen molar-refractivity contribution in [3.05, 3.63) is 29.8 Å². The van der Waals surface area contributed by atoms with Crippen molar-refractivity contribution >= 4 is 9.84 Å². The van der Waals surface area contributed by atoms with Crippen LogP contribution in [0.4, 0.5) is 0 Å². The third kappa shape index (κ3) is 1.99. The number of hydrogen-bond donors (Lipinski definition) is 1. The first-order valence-electron chi connectivity index (χ1n) is 5.45. The van der Waals surface area contributed by atoms with Crippen LogP contribution >= 0.6 is 0 Å². The van der Waals surface area contributed by atoms with E-state index in [-0.39, 0.29) is 0 Å². The van der Waals surface area contributed by atoms with E-state index in [1.165, 1.54) is 11.8 Å². The number of benzene rings is 1. The summed E-state index contributed by atoms with van der Waals surface area (Å²) in [5.74, 6) is 0.979. The molecule has 0 aliphatic heterocycles. The highest BCUT2D eigenvalue weighted by Crippen LogP contribution is 2.41. The molecule has 88 valence electrons. The molecular weight excluding hydrogens is 222 g/mol. The van der Waals surface area contributed by atoms with Gasteiger partial charge < -0.3 is 5.73 Å². The van der Waals surface area contributed by atoms with E-state index in [1.807, 2.05) is 12.1 Å². The van der Waals surface area contributed by atoms with Gasteiger partial charge in [-0.05, 0) is 36.0 Å². The molecule has 0 bridgehead atoms. The number of rotatable bonds is 2. The average Bonchev–Trinajstić information content (AvgIpc) is 2.24. The van der Waals surface area contributed by atoms with Crippen LogP contribution in [-0.2, 0) is 9.84 Å². The van der Waals surface area contributed by atoms with Crippen molar-refractivity contribution in [2.45, 2.75) is 30.2 Å². The van der Waals surface area contributed by atoms with Crippen LogP contribution in [0.5, 0.6) is 0 Å². The van der Waals surface area contributed by atoms with E-state index in [0.717, 1.165) is 6.42 Å². The highest BCUT2D eigenvalue weighted by Gasteiger charge is 2.35. The van der Waals surface area contributed by atoms with Gasteiger partial charge in [0.15, 0.2) is 9.84 Å². The molecule has 4 heteroatoms. The Labute approximate surface area is 96.6 Å². The molecule has 3 atom stereocenters. The van der Waals surface area contributed by atoms with Crippen LogP contribution in [0.25, 0.3) is 0 Å². The third-order valence-corrected chi connectivity index (χ3v) is 4.70. The lowest BCUT2D eigenvalue weighted by Crippen LogP contribution is -2.44. The van der Waals surface area contributed by atoms with Crippen LogP contribution in [0, 0.1) is 5.92 Å². The molecule has 0 radical (unpaired) electrons. The van der Waals surface area contributed by atoms with Gasteiger partial charge in [-0.1, -0.05) is 19.1 Å². The highest BCUT2D eigenvalue weighted by atomic mass is 32.2. The summed E-state index contributed by atoms with van der Waals surface area (Å²) in [7, 11) is -3.08. The summed E-state index contributed by atoms with van der Waals surface area (Å²) in [6.07, 6.45) is 2.23. The van der Waals surface area contributed by atoms with Crippen LogP contribution in [0.1, 0.15) is 24.8 Å². The number of sulfone groups is 1. The van der Waals surface area contributed by atoms with Crippen molar-refractivity contribution in [2.24, 2.45) is 11.7 Å². The fraction of sp³-hybridized carbons (Fsp3) is 0.500. The van der Waals surface area contributed by atoms with E-state index >= 15 is 0 Å². The zero-order valence-corrected chi connectivity index (χ0v) is 10.4. The van der Waals surface area contributed by atoms with Crippen molar-refractivity contribution in [3.63, 3.8) is 0 Å². The fourth-order valence-corrected chi connectivity index (χ4v) is 2.86. The molecule has 1 aliphatic rings. The molecule has 3 nitrogen and oxygen atoms in total. The minimum Gasteiger partial charge on any atom is -0.327 e. The van der Waals surface area contributed by atoms with Crippen molar-refractivity contribution in [3.8, 4) is 0 Å². The summed E-state index contributed by atoms with van der Waals surface area (Å²) in [5.41, 5.74) is 7.05. The largest absolute Gasteiger partial charge is 0.327 e. The maximum Gasteiger partial charge on any atom is 0.175 e. The van der Waals surface area contributed by atoms with Crippen molar-refractivity contribution < 1.29 is 8.42 Å². The zero-order valence-electron chi connectivity index (χ0n) is 9.55. The summed E-state index contributed by atoms with van der Waals surface area (Å²) < 4.78 is 22.6. The van der Waals surface area contributed by atoms with Crippen LogP contribution in [0.3, 0.4) is 0 Å². The van der Waals surface area contributed by atoms with Gasteiger partial charge in [-0.15, -0.1) is 0 Å². The Kier molecular flexibility index (Phi) is 2.80. The molecule has 0 heterocycles. The normalized spacial score (nSPS) is 29.8. The number of hydrogen-bond acceptors (Lipinski definition) is 3. The molecule has 1 saturated carbocycles. The molecule has 1 aromatic rings. The lowest BCUT2D eigenvalue weighted by Gasteiger charge is -2.40. The van der Waals surface area contributed by atoms with Crippen molar-refractivity contribution in [1.29, 1.82) is 0 Å². The lowest BCUT2D eigenvalue weighted by atomic mass is 9.67. The second-order valence-electron chi connectivity index (χ2n) is 4.71. The van der Waals surface area contributed by atoms with Gasteiger partial charge in [-0.25, -0.2) is 8.42 Å². The summed E-state index contributed by atoms with van der Waals surface area (Å²) in [5, 5.41) is 0. The molecule has 1 fully saturated rings. The highest BCUT2D eigenvalue weighted by molar-refractivity contribution is 7.90. The van der Waals surface area contributed by atoms with E-state index in [0.29, 0.717) is 22.8 Å². The quantitative estimate of drug-likeness (QED) is 0.851. The van der Waals surface area contributed by atoms with Crippen LogP contribution in [-0.4, -0.2) is 20.7 Å². The standard InChI is InChI=1S/C12H17NO2S/c1-8-11(7-12(8)13)9-3-5-10(6-4-9)16(2,14)15/h3-6,8,11-12H,7,13H2,1-2H3. The van der Waals surface area contributed by atoms with Gasteiger partial charge in [0.25, 0.3) is 0 Å². The molecule has 2 N–H and O–H groups in total. The van der Waals surface area contributed by atoms with Crippen LogP contribution in [0.2, 0.25) is 0 Å². The first kappa shape index (κ1) is 11.6. The van der Waals surface area contributed by atoms with E-state index in [2.05, 4.69) is 6.92 Å². The average molecular weight is 239 g/mol. The molecule has 16 heavy (non-hydrogen) atoms. The van der Waals surface area contributed by atoms with Crippen molar-refractivity contribution in [2.75, 3.05) is 6.26 Å². The molecule has 0 aromatic heterocycles. The van der Waals surface area contributed by atoms with Crippen molar-refractivity contribution in [1.82, 2.24) is 0 Å². The van der Waals surface area contributed by atoms with Gasteiger partial charge in [0.1, 0.15) is 0 Å². The van der Waals surface area contributed by atoms with E-state index < -0.39 is 9.84 Å². The third-order valence-electron chi connectivity index (χ3n) is 3.57. The smallest absolute Gasteiger partial charge is 0.175 e. The minimum atomic E-state index is -3.08. The molecule has 0 spiro atoms. The molecule has 0 amide bonds. The first-order chi connectivity index (χ1) is 7.39. The predicted octanol–water partition coefficient (Wildman–Crippen LogP) is 1.54. The van der Waals surface area contributed by atoms with E-state index in [4.69, 9.17) is 5.73 Å². The Morgan fingerprint density at radius 2 is 1.81 bits per heavy atom. The van der Waals surface area contributed by atoms with E-state index in [9.17, 15) is 8.42 Å². The Hall–Kier alpha value is -0.870. The topological polar surface area (TPSA) is 60.2 Å². The summed E-state index contributed by atoms with van der Waals surface area (Å²) in [6.45, 7) is 2.14. The van der Waals surface area contributed by atoms with Gasteiger partial charge >= 0.3 is 0 Å². The molecule has 2 rings (SSSR count). The Morgan fingerprint density at radius 1 is 1.25 bits per heavy atom. The van der Waals surface area contributed by atoms with Gasteiger partial charge in [0.05, 0.1) is 4.90 Å². The summed E-state index contributed by atoms with van der Waals surface area (Å²) >= 11 is 0. The van der Waals surface area contributed by atoms with E-state index in [1.54, 1.807) is 12.1 Å². The molecular formula is C12H17NO2S. The Morgan fingerprint density at radius 3 is 2.19 bits per heavy atom. The van der Waals surface area contributed by atoms with Crippen LogP contribution < -0.4 is 5.73 Å². The fourth-order valence-electron chi connectivity index (χ4n) is 2.23. The first-order valence-corrected chi connectivity index (χ1v) is 7.34. The van der Waals surface area contributed by atoms with Gasteiger partial charge in [-0.3, -0.25) is 0 Å². The predicted molar refractivity (Wildman–Crippen MR) is 64.0 cm³/mol. The minimum absolute atomic E-state index is 0.291. The van der Waals surface area contributed by atoms with Gasteiger partial charge in [0.2, 0.25) is 0 Å². The zero-order chi connectivity index (χ0) is 11.9.